The van der Waals surface area contributed by atoms with Crippen molar-refractivity contribution in [3.8, 4) is 17.0 Å². The number of nitrogens with zero attached hydrogens (tertiary/aromatic N) is 2. The number of primary amides is 1. The molecule has 0 aliphatic carbocycles. The van der Waals surface area contributed by atoms with E-state index in [4.69, 9.17) is 10.5 Å². The minimum atomic E-state index is -5.33. The molecule has 1 aromatic carbocycles. The van der Waals surface area contributed by atoms with Crippen molar-refractivity contribution >= 4 is 22.8 Å². The molecule has 0 bridgehead atoms. The number of halogens is 4. The average molecular weight is 543 g/mol. The van der Waals surface area contributed by atoms with Crippen molar-refractivity contribution in [1.82, 2.24) is 20.3 Å². The number of carbonyl (C=O) groups is 2. The van der Waals surface area contributed by atoms with Crippen LogP contribution in [0.2, 0.25) is 0 Å². The van der Waals surface area contributed by atoms with E-state index in [1.807, 2.05) is 0 Å². The predicted molar refractivity (Wildman–Crippen MR) is 130 cm³/mol. The van der Waals surface area contributed by atoms with Gasteiger partial charge in [-0.3, -0.25) is 9.59 Å². The van der Waals surface area contributed by atoms with Gasteiger partial charge in [-0.15, -0.1) is 0 Å². The van der Waals surface area contributed by atoms with Gasteiger partial charge in [0.25, 0.3) is 5.91 Å². The average Bonchev–Trinajstić information content (AvgIpc) is 3.52. The fraction of sp³-hybridized carbons (Fsp3) is 0.231. The Morgan fingerprint density at radius 1 is 1.21 bits per heavy atom. The van der Waals surface area contributed by atoms with Crippen LogP contribution in [0.5, 0.6) is 5.75 Å². The number of rotatable bonds is 6. The molecule has 0 fully saturated rings. The second kappa shape index (κ2) is 9.05. The molecule has 1 unspecified atom stereocenters. The Morgan fingerprint density at radius 3 is 2.59 bits per heavy atom. The molecule has 5 N–H and O–H groups in total. The van der Waals surface area contributed by atoms with Gasteiger partial charge in [-0.2, -0.15) is 13.2 Å². The van der Waals surface area contributed by atoms with Gasteiger partial charge in [-0.1, -0.05) is 0 Å². The van der Waals surface area contributed by atoms with E-state index in [9.17, 15) is 32.3 Å². The maximum absolute atomic E-state index is 14.5. The van der Waals surface area contributed by atoms with E-state index in [0.29, 0.717) is 11.0 Å². The molecular weight excluding hydrogens is 522 g/mol. The largest absolute Gasteiger partial charge is 0.489 e. The van der Waals surface area contributed by atoms with Crippen molar-refractivity contribution in [2.45, 2.75) is 24.1 Å². The lowest BCUT2D eigenvalue weighted by Gasteiger charge is -2.31. The highest BCUT2D eigenvalue weighted by Crippen LogP contribution is 2.47. The first kappa shape index (κ1) is 26.1. The van der Waals surface area contributed by atoms with Crippen LogP contribution in [0.25, 0.3) is 22.3 Å². The van der Waals surface area contributed by atoms with Crippen LogP contribution in [0.15, 0.2) is 54.9 Å². The van der Waals surface area contributed by atoms with Gasteiger partial charge >= 0.3 is 6.18 Å². The molecule has 13 heteroatoms. The molecule has 202 valence electrons. The third kappa shape index (κ3) is 4.24. The van der Waals surface area contributed by atoms with Crippen molar-refractivity contribution in [2.75, 3.05) is 13.2 Å². The number of nitrogens with two attached hydrogens (primary N) is 1. The van der Waals surface area contributed by atoms with Crippen molar-refractivity contribution in [3.63, 3.8) is 0 Å². The van der Waals surface area contributed by atoms with E-state index < -0.39 is 47.1 Å². The minimum Gasteiger partial charge on any atom is -0.489 e. The number of amides is 2. The highest BCUT2D eigenvalue weighted by atomic mass is 19.4. The van der Waals surface area contributed by atoms with E-state index in [2.05, 4.69) is 20.3 Å². The van der Waals surface area contributed by atoms with Gasteiger partial charge in [0, 0.05) is 28.9 Å². The molecule has 0 radical (unpaired) electrons. The quantitative estimate of drug-likeness (QED) is 0.275. The Balaban J connectivity index is 1.62. The Hall–Kier alpha value is -4.52. The van der Waals surface area contributed by atoms with Crippen LogP contribution < -0.4 is 15.8 Å². The highest BCUT2D eigenvalue weighted by Gasteiger charge is 2.57. The molecule has 39 heavy (non-hydrogen) atoms. The summed E-state index contributed by atoms with van der Waals surface area (Å²) in [7, 11) is 0. The first-order chi connectivity index (χ1) is 18.3. The van der Waals surface area contributed by atoms with Crippen molar-refractivity contribution in [2.24, 2.45) is 5.73 Å². The van der Waals surface area contributed by atoms with Crippen molar-refractivity contribution < 1.29 is 37.0 Å². The smallest absolute Gasteiger partial charge is 0.424 e. The summed E-state index contributed by atoms with van der Waals surface area (Å²) in [6, 6.07) is 8.45. The molecule has 0 saturated heterocycles. The maximum Gasteiger partial charge on any atom is 0.424 e. The topological polar surface area (TPSA) is 143 Å². The van der Waals surface area contributed by atoms with Gasteiger partial charge < -0.3 is 25.9 Å². The molecule has 0 saturated carbocycles. The van der Waals surface area contributed by atoms with Crippen LogP contribution in [-0.2, 0) is 15.8 Å². The number of aliphatic hydroxyl groups is 1. The number of nitrogens with one attached hydrogen (secondary N) is 2. The lowest BCUT2D eigenvalue weighted by Crippen LogP contribution is -2.51. The van der Waals surface area contributed by atoms with Crippen LogP contribution >= 0.6 is 0 Å². The predicted octanol–water partition coefficient (Wildman–Crippen LogP) is 3.08. The highest BCUT2D eigenvalue weighted by molar-refractivity contribution is 6.05. The van der Waals surface area contributed by atoms with E-state index >= 15 is 0 Å². The summed E-state index contributed by atoms with van der Waals surface area (Å²) >= 11 is 0. The zero-order chi connectivity index (χ0) is 28.2. The van der Waals surface area contributed by atoms with Crippen LogP contribution in [0.3, 0.4) is 0 Å². The fourth-order valence-electron chi connectivity index (χ4n) is 4.40. The van der Waals surface area contributed by atoms with E-state index in [1.54, 1.807) is 0 Å². The molecule has 2 atom stereocenters. The second-order valence-corrected chi connectivity index (χ2v) is 9.36. The molecule has 9 nitrogen and oxygen atoms in total. The van der Waals surface area contributed by atoms with Gasteiger partial charge in [0.2, 0.25) is 11.5 Å². The lowest BCUT2D eigenvalue weighted by molar-refractivity contribution is -0.265. The van der Waals surface area contributed by atoms with Gasteiger partial charge in [0.05, 0.1) is 17.8 Å². The van der Waals surface area contributed by atoms with E-state index in [-0.39, 0.29) is 34.7 Å². The maximum atomic E-state index is 14.5. The number of aromatic amines is 1. The number of pyridine rings is 2. The number of fused-ring (bicyclic) bond motifs is 2. The van der Waals surface area contributed by atoms with E-state index in [0.717, 1.165) is 18.2 Å². The third-order valence-electron chi connectivity index (χ3n) is 6.84. The Kier molecular flexibility index (Phi) is 6.06. The number of aromatic nitrogens is 3. The van der Waals surface area contributed by atoms with Crippen molar-refractivity contribution in [1.29, 1.82) is 0 Å². The van der Waals surface area contributed by atoms with Gasteiger partial charge in [-0.25, -0.2) is 14.4 Å². The molecule has 2 amide bonds. The van der Waals surface area contributed by atoms with Crippen LogP contribution in [0.1, 0.15) is 28.5 Å². The first-order valence-electron chi connectivity index (χ1n) is 11.6. The molecule has 1 aliphatic rings. The summed E-state index contributed by atoms with van der Waals surface area (Å²) < 4.78 is 62.7. The number of alkyl halides is 3. The fourth-order valence-corrected chi connectivity index (χ4v) is 4.40. The number of carbonyl (C=O) groups excluding carboxylic acids is 2. The Bertz CT molecular complexity index is 1600. The number of hydrogen-bond acceptors (Lipinski definition) is 6. The summed E-state index contributed by atoms with van der Waals surface area (Å²) in [5.41, 5.74) is -0.228. The van der Waals surface area contributed by atoms with Crippen LogP contribution in [0, 0.1) is 5.82 Å². The lowest BCUT2D eigenvalue weighted by atomic mass is 9.81. The number of benzene rings is 1. The monoisotopic (exact) mass is 543 g/mol. The normalized spacial score (nSPS) is 18.3. The first-order valence-corrected chi connectivity index (χ1v) is 11.6. The molecular formula is C26H21F4N5O4. The molecule has 5 rings (SSSR count). The molecule has 4 heterocycles. The molecule has 1 aliphatic heterocycles. The summed E-state index contributed by atoms with van der Waals surface area (Å²) in [5, 5.41) is 13.6. The van der Waals surface area contributed by atoms with Crippen molar-refractivity contribution in [3.05, 3.63) is 77.5 Å². The molecule has 3 aromatic heterocycles. The van der Waals surface area contributed by atoms with E-state index in [1.165, 1.54) is 43.6 Å². The van der Waals surface area contributed by atoms with Crippen LogP contribution in [-0.4, -0.2) is 51.2 Å². The number of ether oxygens (including phenoxy) is 1. The summed E-state index contributed by atoms with van der Waals surface area (Å²) in [5.74, 6) is -2.39. The van der Waals surface area contributed by atoms with Gasteiger partial charge in [0.1, 0.15) is 34.9 Å². The second-order valence-electron chi connectivity index (χ2n) is 9.36. The Labute approximate surface area is 218 Å². The standard InChI is InChI=1S/C26H21F4N5O4/c1-24(23(31)37)12-39-20-17(24)10-18(35-19(20)13-2-4-14(27)5-3-13)25(38,26(28,29)30)11-34-22(36)16-7-9-33-21-15(16)6-8-32-21/h2-10,38H,11-12H2,1H3,(H2,31,37)(H,32,33)(H,34,36)/t24-,25?/m0/s1. The molecule has 4 aromatic rings. The number of H-pyrrole nitrogens is 1. The zero-order valence-electron chi connectivity index (χ0n) is 20.3. The summed E-state index contributed by atoms with van der Waals surface area (Å²) in [6.45, 7) is -0.210. The van der Waals surface area contributed by atoms with Gasteiger partial charge in [-0.05, 0) is 49.4 Å². The zero-order valence-corrected chi connectivity index (χ0v) is 20.3. The summed E-state index contributed by atoms with van der Waals surface area (Å²) in [6.07, 6.45) is -2.50. The summed E-state index contributed by atoms with van der Waals surface area (Å²) in [4.78, 5) is 36.1. The Morgan fingerprint density at radius 2 is 1.92 bits per heavy atom. The minimum absolute atomic E-state index is 0.0214. The SMILES string of the molecule is C[C@]1(C(N)=O)COc2c1cc(C(O)(CNC(=O)c1ccnc3[nH]ccc13)C(F)(F)F)nc2-c1ccc(F)cc1. The third-order valence-corrected chi connectivity index (χ3v) is 6.84. The molecule has 0 spiro atoms. The number of hydrogen-bond donors (Lipinski definition) is 4. The van der Waals surface area contributed by atoms with Crippen LogP contribution in [0.4, 0.5) is 17.6 Å². The van der Waals surface area contributed by atoms with Gasteiger partial charge in [0.15, 0.2) is 0 Å².